The first-order chi connectivity index (χ1) is 12.7. The number of hydrogen-bond acceptors (Lipinski definition) is 2. The van der Waals surface area contributed by atoms with E-state index in [1.165, 1.54) is 103 Å². The molecular formula is C24H51NO. The van der Waals surface area contributed by atoms with Gasteiger partial charge in [0.15, 0.2) is 0 Å². The molecule has 1 unspecified atom stereocenters. The Morgan fingerprint density at radius 1 is 0.615 bits per heavy atom. The molecule has 2 heteroatoms. The molecule has 0 aliphatic rings. The summed E-state index contributed by atoms with van der Waals surface area (Å²) in [5, 5.41) is 0. The quantitative estimate of drug-likeness (QED) is 0.195. The van der Waals surface area contributed by atoms with Gasteiger partial charge in [-0.3, -0.25) is 0 Å². The first-order valence-corrected chi connectivity index (χ1v) is 11.9. The molecule has 1 atom stereocenters. The Kier molecular flexibility index (Phi) is 21.2. The summed E-state index contributed by atoms with van der Waals surface area (Å²) < 4.78 is 5.79. The molecule has 0 bridgehead atoms. The maximum absolute atomic E-state index is 5.79. The van der Waals surface area contributed by atoms with Crippen LogP contribution in [-0.2, 0) is 4.74 Å². The molecule has 0 heterocycles. The van der Waals surface area contributed by atoms with Crippen molar-refractivity contribution in [2.24, 2.45) is 5.92 Å². The Morgan fingerprint density at radius 3 is 1.38 bits per heavy atom. The van der Waals surface area contributed by atoms with Gasteiger partial charge >= 0.3 is 0 Å². The zero-order valence-corrected chi connectivity index (χ0v) is 18.9. The minimum absolute atomic E-state index is 0.644. The van der Waals surface area contributed by atoms with Gasteiger partial charge in [-0.2, -0.15) is 0 Å². The first-order valence-electron chi connectivity index (χ1n) is 11.9. The molecule has 2 nitrogen and oxygen atoms in total. The summed E-state index contributed by atoms with van der Waals surface area (Å²) in [5.41, 5.74) is 0. The van der Waals surface area contributed by atoms with Crippen molar-refractivity contribution in [3.8, 4) is 0 Å². The van der Waals surface area contributed by atoms with Crippen LogP contribution in [0.15, 0.2) is 0 Å². The molecule has 0 amide bonds. The number of unbranched alkanes of at least 4 members (excludes halogenated alkanes) is 15. The van der Waals surface area contributed by atoms with Crippen molar-refractivity contribution in [3.63, 3.8) is 0 Å². The van der Waals surface area contributed by atoms with Crippen molar-refractivity contribution in [2.75, 3.05) is 33.9 Å². The molecule has 0 saturated carbocycles. The lowest BCUT2D eigenvalue weighted by atomic mass is 10.0. The molecule has 0 radical (unpaired) electrons. The molecule has 0 saturated heterocycles. The first kappa shape index (κ1) is 25.9. The van der Waals surface area contributed by atoms with E-state index < -0.39 is 0 Å². The molecule has 0 aromatic heterocycles. The normalized spacial score (nSPS) is 12.8. The fraction of sp³-hybridized carbons (Fsp3) is 1.00. The fourth-order valence-corrected chi connectivity index (χ4v) is 3.71. The highest BCUT2D eigenvalue weighted by atomic mass is 16.5. The van der Waals surface area contributed by atoms with Crippen LogP contribution in [0.2, 0.25) is 0 Å². The molecule has 0 fully saturated rings. The van der Waals surface area contributed by atoms with Crippen LogP contribution in [0.3, 0.4) is 0 Å². The highest BCUT2D eigenvalue weighted by molar-refractivity contribution is 4.54. The van der Waals surface area contributed by atoms with Gasteiger partial charge in [0.1, 0.15) is 0 Å². The van der Waals surface area contributed by atoms with Gasteiger partial charge in [0.05, 0.1) is 6.61 Å². The van der Waals surface area contributed by atoms with Crippen LogP contribution in [-0.4, -0.2) is 38.8 Å². The largest absolute Gasteiger partial charge is 0.381 e. The van der Waals surface area contributed by atoms with Gasteiger partial charge < -0.3 is 9.64 Å². The number of rotatable bonds is 21. The molecule has 158 valence electrons. The number of nitrogens with zero attached hydrogens (tertiary/aromatic N) is 1. The summed E-state index contributed by atoms with van der Waals surface area (Å²) in [4.78, 5) is 2.24. The van der Waals surface area contributed by atoms with Crippen LogP contribution in [0.1, 0.15) is 117 Å². The zero-order valence-electron chi connectivity index (χ0n) is 18.9. The van der Waals surface area contributed by atoms with E-state index in [0.717, 1.165) is 19.8 Å². The summed E-state index contributed by atoms with van der Waals surface area (Å²) in [6.07, 6.45) is 22.8. The van der Waals surface area contributed by atoms with Crippen LogP contribution >= 0.6 is 0 Å². The van der Waals surface area contributed by atoms with Crippen LogP contribution in [0.25, 0.3) is 0 Å². The van der Waals surface area contributed by atoms with Gasteiger partial charge in [0.2, 0.25) is 0 Å². The van der Waals surface area contributed by atoms with Gasteiger partial charge in [-0.1, -0.05) is 110 Å². The fourth-order valence-electron chi connectivity index (χ4n) is 3.71. The molecule has 0 spiro atoms. The second-order valence-electron chi connectivity index (χ2n) is 8.75. The average Bonchev–Trinajstić information content (AvgIpc) is 2.60. The third-order valence-corrected chi connectivity index (χ3v) is 5.22. The lowest BCUT2D eigenvalue weighted by molar-refractivity contribution is 0.0918. The third-order valence-electron chi connectivity index (χ3n) is 5.22. The molecule has 0 N–H and O–H groups in total. The Balaban J connectivity index is 3.05. The van der Waals surface area contributed by atoms with Crippen LogP contribution in [0, 0.1) is 5.92 Å². The van der Waals surface area contributed by atoms with Gasteiger partial charge in [0.25, 0.3) is 0 Å². The topological polar surface area (TPSA) is 12.5 Å². The van der Waals surface area contributed by atoms with Gasteiger partial charge in [-0.25, -0.2) is 0 Å². The smallest absolute Gasteiger partial charge is 0.0503 e. The average molecular weight is 370 g/mol. The van der Waals surface area contributed by atoms with Crippen molar-refractivity contribution in [1.29, 1.82) is 0 Å². The van der Waals surface area contributed by atoms with E-state index in [0.29, 0.717) is 5.92 Å². The van der Waals surface area contributed by atoms with Crippen molar-refractivity contribution < 1.29 is 4.74 Å². The highest BCUT2D eigenvalue weighted by Gasteiger charge is 2.03. The molecule has 26 heavy (non-hydrogen) atoms. The maximum Gasteiger partial charge on any atom is 0.0503 e. The maximum atomic E-state index is 5.79. The second kappa shape index (κ2) is 21.2. The van der Waals surface area contributed by atoms with Crippen LogP contribution < -0.4 is 0 Å². The lowest BCUT2D eigenvalue weighted by Crippen LogP contribution is -2.23. The second-order valence-corrected chi connectivity index (χ2v) is 8.75. The predicted molar refractivity (Wildman–Crippen MR) is 118 cm³/mol. The Morgan fingerprint density at radius 2 is 1.00 bits per heavy atom. The van der Waals surface area contributed by atoms with Crippen molar-refractivity contribution in [2.45, 2.75) is 117 Å². The van der Waals surface area contributed by atoms with E-state index in [-0.39, 0.29) is 0 Å². The lowest BCUT2D eigenvalue weighted by Gasteiger charge is -2.16. The van der Waals surface area contributed by atoms with E-state index in [2.05, 4.69) is 32.8 Å². The minimum atomic E-state index is 0.644. The van der Waals surface area contributed by atoms with Crippen LogP contribution in [0.5, 0.6) is 0 Å². The van der Waals surface area contributed by atoms with E-state index in [1.54, 1.807) is 0 Å². The Hall–Kier alpha value is -0.0800. The Labute approximate surface area is 166 Å². The van der Waals surface area contributed by atoms with Gasteiger partial charge in [-0.05, 0) is 26.4 Å². The van der Waals surface area contributed by atoms with E-state index in [4.69, 9.17) is 4.74 Å². The molecule has 0 aromatic rings. The summed E-state index contributed by atoms with van der Waals surface area (Å²) in [6.45, 7) is 7.56. The summed E-state index contributed by atoms with van der Waals surface area (Å²) in [6, 6.07) is 0. The van der Waals surface area contributed by atoms with E-state index in [9.17, 15) is 0 Å². The van der Waals surface area contributed by atoms with Gasteiger partial charge in [0, 0.05) is 13.2 Å². The summed E-state index contributed by atoms with van der Waals surface area (Å²) in [7, 11) is 4.26. The van der Waals surface area contributed by atoms with Crippen molar-refractivity contribution >= 4 is 0 Å². The summed E-state index contributed by atoms with van der Waals surface area (Å²) >= 11 is 0. The van der Waals surface area contributed by atoms with Crippen molar-refractivity contribution in [3.05, 3.63) is 0 Å². The zero-order chi connectivity index (χ0) is 19.3. The van der Waals surface area contributed by atoms with E-state index >= 15 is 0 Å². The van der Waals surface area contributed by atoms with Crippen molar-refractivity contribution in [1.82, 2.24) is 4.90 Å². The molecule has 0 aliphatic heterocycles. The SMILES string of the molecule is CCCCCCCCCCCCCCCCCCOCC(C)CN(C)C. The monoisotopic (exact) mass is 369 g/mol. The molecular weight excluding hydrogens is 318 g/mol. The van der Waals surface area contributed by atoms with Gasteiger partial charge in [-0.15, -0.1) is 0 Å². The third kappa shape index (κ3) is 22.0. The van der Waals surface area contributed by atoms with E-state index in [1.807, 2.05) is 0 Å². The Bertz CT molecular complexity index is 255. The highest BCUT2D eigenvalue weighted by Crippen LogP contribution is 2.13. The minimum Gasteiger partial charge on any atom is -0.381 e. The molecule has 0 aromatic carbocycles. The molecule has 0 rings (SSSR count). The van der Waals surface area contributed by atoms with Crippen LogP contribution in [0.4, 0.5) is 0 Å². The molecule has 0 aliphatic carbocycles. The number of ether oxygens (including phenoxy) is 1. The standard InChI is InChI=1S/C24H51NO/c1-5-6-7-8-9-10-11-12-13-14-15-16-17-18-19-20-21-26-23-24(2)22-25(3)4/h24H,5-23H2,1-4H3. The summed E-state index contributed by atoms with van der Waals surface area (Å²) in [5.74, 6) is 0.644. The predicted octanol–water partition coefficient (Wildman–Crippen LogP) is 7.46. The number of hydrogen-bond donors (Lipinski definition) is 0.